The molecule has 8 heteroatoms. The third-order valence-corrected chi connectivity index (χ3v) is 3.46. The van der Waals surface area contributed by atoms with Gasteiger partial charge in [-0.3, -0.25) is 10.1 Å². The number of nitrogens with zero attached hydrogens (tertiary/aromatic N) is 3. The second-order valence-electron chi connectivity index (χ2n) is 4.35. The molecule has 110 valence electrons. The molecule has 0 radical (unpaired) electrons. The summed E-state index contributed by atoms with van der Waals surface area (Å²) in [6, 6.07) is 11.0. The molecule has 3 rings (SSSR count). The Bertz CT molecular complexity index is 864. The summed E-state index contributed by atoms with van der Waals surface area (Å²) in [5, 5.41) is 15.5. The monoisotopic (exact) mass is 335 g/mol. The van der Waals surface area contributed by atoms with Crippen molar-refractivity contribution in [3.8, 4) is 22.8 Å². The number of non-ortho nitro benzene ring substituents is 1. The maximum atomic E-state index is 10.8. The molecular formula is C14H7Cl2N3O3. The molecule has 0 saturated carbocycles. The van der Waals surface area contributed by atoms with Crippen LogP contribution in [0, 0.1) is 10.1 Å². The van der Waals surface area contributed by atoms with Crippen LogP contribution in [0.5, 0.6) is 0 Å². The predicted octanol–water partition coefficient (Wildman–Crippen LogP) is 4.62. The zero-order chi connectivity index (χ0) is 15.7. The Labute approximate surface area is 134 Å². The number of hydrogen-bond donors (Lipinski definition) is 0. The van der Waals surface area contributed by atoms with E-state index in [0.717, 1.165) is 0 Å². The zero-order valence-corrected chi connectivity index (χ0v) is 12.4. The molecule has 0 atom stereocenters. The van der Waals surface area contributed by atoms with Crippen LogP contribution in [0.3, 0.4) is 0 Å². The highest BCUT2D eigenvalue weighted by atomic mass is 35.5. The van der Waals surface area contributed by atoms with Gasteiger partial charge in [-0.25, -0.2) is 0 Å². The van der Waals surface area contributed by atoms with E-state index in [1.54, 1.807) is 24.3 Å². The molecule has 22 heavy (non-hydrogen) atoms. The van der Waals surface area contributed by atoms with E-state index in [1.165, 1.54) is 18.2 Å². The van der Waals surface area contributed by atoms with E-state index in [2.05, 4.69) is 10.1 Å². The molecular weight excluding hydrogens is 329 g/mol. The van der Waals surface area contributed by atoms with Gasteiger partial charge in [0.15, 0.2) is 0 Å². The van der Waals surface area contributed by atoms with Crippen molar-refractivity contribution in [1.82, 2.24) is 10.1 Å². The molecule has 6 nitrogen and oxygen atoms in total. The summed E-state index contributed by atoms with van der Waals surface area (Å²) in [6.07, 6.45) is 0. The SMILES string of the molecule is O=[N+]([O-])c1ccc(Cl)c(-c2nc(-c3cccc(Cl)c3)no2)c1. The Hall–Kier alpha value is -2.44. The summed E-state index contributed by atoms with van der Waals surface area (Å²) < 4.78 is 5.15. The van der Waals surface area contributed by atoms with E-state index in [-0.39, 0.29) is 16.6 Å². The molecule has 0 aliphatic rings. The maximum Gasteiger partial charge on any atom is 0.270 e. The Balaban J connectivity index is 2.04. The minimum Gasteiger partial charge on any atom is -0.334 e. The van der Waals surface area contributed by atoms with Gasteiger partial charge in [-0.15, -0.1) is 0 Å². The Morgan fingerprint density at radius 3 is 2.68 bits per heavy atom. The molecule has 0 spiro atoms. The first-order valence-electron chi connectivity index (χ1n) is 6.08. The topological polar surface area (TPSA) is 82.1 Å². The van der Waals surface area contributed by atoms with Crippen molar-refractivity contribution in [3.05, 3.63) is 62.6 Å². The number of nitro groups is 1. The number of aromatic nitrogens is 2. The molecule has 0 fully saturated rings. The summed E-state index contributed by atoms with van der Waals surface area (Å²) in [7, 11) is 0. The van der Waals surface area contributed by atoms with Gasteiger partial charge in [0, 0.05) is 22.7 Å². The van der Waals surface area contributed by atoms with E-state index in [1.807, 2.05) is 0 Å². The highest BCUT2D eigenvalue weighted by molar-refractivity contribution is 6.33. The van der Waals surface area contributed by atoms with Crippen LogP contribution in [-0.2, 0) is 0 Å². The van der Waals surface area contributed by atoms with E-state index in [4.69, 9.17) is 27.7 Å². The van der Waals surface area contributed by atoms with Crippen LogP contribution in [0.25, 0.3) is 22.8 Å². The highest BCUT2D eigenvalue weighted by Crippen LogP contribution is 2.31. The van der Waals surface area contributed by atoms with Gasteiger partial charge in [-0.1, -0.05) is 40.5 Å². The second-order valence-corrected chi connectivity index (χ2v) is 5.20. The van der Waals surface area contributed by atoms with E-state index >= 15 is 0 Å². The van der Waals surface area contributed by atoms with Crippen molar-refractivity contribution in [2.24, 2.45) is 0 Å². The third-order valence-electron chi connectivity index (χ3n) is 2.90. The van der Waals surface area contributed by atoms with Gasteiger partial charge < -0.3 is 4.52 Å². The lowest BCUT2D eigenvalue weighted by atomic mass is 10.2. The molecule has 0 bridgehead atoms. The first-order chi connectivity index (χ1) is 10.5. The average molecular weight is 336 g/mol. The number of nitro benzene ring substituents is 1. The quantitative estimate of drug-likeness (QED) is 0.515. The Kier molecular flexibility index (Phi) is 3.79. The first-order valence-corrected chi connectivity index (χ1v) is 6.84. The molecule has 3 aromatic rings. The van der Waals surface area contributed by atoms with Crippen molar-refractivity contribution in [3.63, 3.8) is 0 Å². The van der Waals surface area contributed by atoms with Gasteiger partial charge in [-0.2, -0.15) is 4.98 Å². The predicted molar refractivity (Wildman–Crippen MR) is 81.8 cm³/mol. The summed E-state index contributed by atoms with van der Waals surface area (Å²) in [5.74, 6) is 0.420. The lowest BCUT2D eigenvalue weighted by Gasteiger charge is -1.98. The molecule has 1 heterocycles. The van der Waals surface area contributed by atoms with Gasteiger partial charge in [0.2, 0.25) is 5.82 Å². The van der Waals surface area contributed by atoms with Crippen molar-refractivity contribution >= 4 is 28.9 Å². The average Bonchev–Trinajstić information content (AvgIpc) is 2.97. The Morgan fingerprint density at radius 1 is 1.14 bits per heavy atom. The molecule has 0 unspecified atom stereocenters. The van der Waals surface area contributed by atoms with Crippen LogP contribution in [0.4, 0.5) is 5.69 Å². The van der Waals surface area contributed by atoms with Crippen LogP contribution in [-0.4, -0.2) is 15.1 Å². The standard InChI is InChI=1S/C14H7Cl2N3O3/c15-9-3-1-2-8(6-9)13-17-14(22-18-13)11-7-10(19(20)21)4-5-12(11)16/h1-7H. The lowest BCUT2D eigenvalue weighted by Crippen LogP contribution is -1.89. The molecule has 0 N–H and O–H groups in total. The van der Waals surface area contributed by atoms with E-state index in [9.17, 15) is 10.1 Å². The van der Waals surface area contributed by atoms with Gasteiger partial charge >= 0.3 is 0 Å². The number of rotatable bonds is 3. The fourth-order valence-corrected chi connectivity index (χ4v) is 2.26. The van der Waals surface area contributed by atoms with Crippen LogP contribution in [0.2, 0.25) is 10.0 Å². The van der Waals surface area contributed by atoms with Crippen molar-refractivity contribution in [2.75, 3.05) is 0 Å². The van der Waals surface area contributed by atoms with Crippen LogP contribution >= 0.6 is 23.2 Å². The van der Waals surface area contributed by atoms with Crippen LogP contribution in [0.15, 0.2) is 47.0 Å². The van der Waals surface area contributed by atoms with Gasteiger partial charge in [0.1, 0.15) is 0 Å². The highest BCUT2D eigenvalue weighted by Gasteiger charge is 2.17. The first kappa shape index (κ1) is 14.5. The molecule has 0 amide bonds. The number of benzene rings is 2. The second kappa shape index (κ2) is 5.75. The summed E-state index contributed by atoms with van der Waals surface area (Å²) in [4.78, 5) is 14.5. The van der Waals surface area contributed by atoms with Gasteiger partial charge in [0.05, 0.1) is 15.5 Å². The van der Waals surface area contributed by atoms with E-state index in [0.29, 0.717) is 22.0 Å². The largest absolute Gasteiger partial charge is 0.334 e. The summed E-state index contributed by atoms with van der Waals surface area (Å²) in [5.41, 5.74) is 0.864. The smallest absolute Gasteiger partial charge is 0.270 e. The number of hydrogen-bond acceptors (Lipinski definition) is 5. The molecule has 0 aliphatic carbocycles. The third kappa shape index (κ3) is 2.79. The normalized spacial score (nSPS) is 10.6. The zero-order valence-electron chi connectivity index (χ0n) is 10.9. The van der Waals surface area contributed by atoms with Crippen LogP contribution < -0.4 is 0 Å². The maximum absolute atomic E-state index is 10.8. The van der Waals surface area contributed by atoms with Crippen molar-refractivity contribution in [1.29, 1.82) is 0 Å². The molecule has 0 aliphatic heterocycles. The minimum absolute atomic E-state index is 0.101. The van der Waals surface area contributed by atoms with E-state index < -0.39 is 4.92 Å². The summed E-state index contributed by atoms with van der Waals surface area (Å²) in [6.45, 7) is 0. The minimum atomic E-state index is -0.520. The molecule has 1 aromatic heterocycles. The Morgan fingerprint density at radius 2 is 1.95 bits per heavy atom. The van der Waals surface area contributed by atoms with Crippen molar-refractivity contribution in [2.45, 2.75) is 0 Å². The van der Waals surface area contributed by atoms with Gasteiger partial charge in [0.25, 0.3) is 11.6 Å². The van der Waals surface area contributed by atoms with Crippen molar-refractivity contribution < 1.29 is 9.45 Å². The van der Waals surface area contributed by atoms with Gasteiger partial charge in [-0.05, 0) is 18.2 Å². The molecule has 0 saturated heterocycles. The lowest BCUT2D eigenvalue weighted by molar-refractivity contribution is -0.384. The number of halogens is 2. The summed E-state index contributed by atoms with van der Waals surface area (Å²) >= 11 is 12.0. The molecule has 2 aromatic carbocycles. The fourth-order valence-electron chi connectivity index (χ4n) is 1.87. The van der Waals surface area contributed by atoms with Crippen LogP contribution in [0.1, 0.15) is 0 Å². The fraction of sp³-hybridized carbons (Fsp3) is 0.